The summed E-state index contributed by atoms with van der Waals surface area (Å²) < 4.78 is 0. The fourth-order valence-corrected chi connectivity index (χ4v) is 3.21. The van der Waals surface area contributed by atoms with E-state index in [9.17, 15) is 4.79 Å². The fourth-order valence-electron chi connectivity index (χ4n) is 2.41. The van der Waals surface area contributed by atoms with E-state index in [0.29, 0.717) is 6.42 Å². The Balaban J connectivity index is 1.63. The maximum Gasteiger partial charge on any atom is 0.228 e. The second-order valence-corrected chi connectivity index (χ2v) is 6.11. The summed E-state index contributed by atoms with van der Waals surface area (Å²) in [6, 6.07) is 5.98. The molecule has 1 fully saturated rings. The van der Waals surface area contributed by atoms with Gasteiger partial charge in [0.1, 0.15) is 5.01 Å². The molecule has 3 heterocycles. The molecule has 0 unspecified atom stereocenters. The van der Waals surface area contributed by atoms with Crippen LogP contribution >= 0.6 is 11.3 Å². The van der Waals surface area contributed by atoms with Gasteiger partial charge in [0, 0.05) is 30.7 Å². The van der Waals surface area contributed by atoms with Gasteiger partial charge in [-0.2, -0.15) is 0 Å². The van der Waals surface area contributed by atoms with Crippen molar-refractivity contribution >= 4 is 17.2 Å². The van der Waals surface area contributed by atoms with Gasteiger partial charge in [0.05, 0.1) is 17.8 Å². The van der Waals surface area contributed by atoms with Crippen molar-refractivity contribution in [2.45, 2.75) is 25.3 Å². The zero-order valence-electron chi connectivity index (χ0n) is 11.7. The molecule has 0 atom stereocenters. The van der Waals surface area contributed by atoms with Crippen molar-refractivity contribution in [2.75, 3.05) is 13.1 Å². The van der Waals surface area contributed by atoms with Gasteiger partial charge in [-0.3, -0.25) is 9.78 Å². The number of pyridine rings is 1. The van der Waals surface area contributed by atoms with Crippen LogP contribution in [0.15, 0.2) is 29.8 Å². The Morgan fingerprint density at radius 1 is 1.38 bits per heavy atom. The minimum Gasteiger partial charge on any atom is -0.342 e. The standard InChI is InChI=1S/C15H18N4OS/c16-11-4-7-19(8-5-11)14(20)9-12-10-21-15(18-12)13-3-1-2-6-17-13/h1-3,6,10-11H,4-5,7-9,16H2. The Kier molecular flexibility index (Phi) is 4.26. The summed E-state index contributed by atoms with van der Waals surface area (Å²) in [5, 5.41) is 2.80. The van der Waals surface area contributed by atoms with Gasteiger partial charge in [0.2, 0.25) is 5.91 Å². The summed E-state index contributed by atoms with van der Waals surface area (Å²) in [6.07, 6.45) is 3.89. The molecule has 1 aliphatic heterocycles. The molecule has 1 saturated heterocycles. The lowest BCUT2D eigenvalue weighted by atomic mass is 10.1. The maximum atomic E-state index is 12.3. The van der Waals surface area contributed by atoms with E-state index in [1.807, 2.05) is 28.5 Å². The molecule has 1 aliphatic rings. The fraction of sp³-hybridized carbons (Fsp3) is 0.400. The Morgan fingerprint density at radius 3 is 2.90 bits per heavy atom. The second-order valence-electron chi connectivity index (χ2n) is 5.25. The summed E-state index contributed by atoms with van der Waals surface area (Å²) in [5.41, 5.74) is 7.53. The van der Waals surface area contributed by atoms with Gasteiger partial charge >= 0.3 is 0 Å². The van der Waals surface area contributed by atoms with E-state index in [2.05, 4.69) is 9.97 Å². The third-order valence-corrected chi connectivity index (χ3v) is 4.57. The number of amides is 1. The first-order valence-electron chi connectivity index (χ1n) is 7.11. The van der Waals surface area contributed by atoms with Gasteiger partial charge < -0.3 is 10.6 Å². The van der Waals surface area contributed by atoms with E-state index in [1.165, 1.54) is 11.3 Å². The van der Waals surface area contributed by atoms with E-state index in [0.717, 1.165) is 42.3 Å². The molecule has 6 heteroatoms. The summed E-state index contributed by atoms with van der Waals surface area (Å²) in [6.45, 7) is 1.52. The van der Waals surface area contributed by atoms with Crippen LogP contribution in [0.3, 0.4) is 0 Å². The lowest BCUT2D eigenvalue weighted by Gasteiger charge is -2.30. The van der Waals surface area contributed by atoms with Crippen LogP contribution in [-0.4, -0.2) is 39.9 Å². The highest BCUT2D eigenvalue weighted by Crippen LogP contribution is 2.22. The summed E-state index contributed by atoms with van der Waals surface area (Å²) in [4.78, 5) is 22.9. The summed E-state index contributed by atoms with van der Waals surface area (Å²) in [5.74, 6) is 0.139. The Labute approximate surface area is 127 Å². The van der Waals surface area contributed by atoms with Crippen LogP contribution in [0.2, 0.25) is 0 Å². The average molecular weight is 302 g/mol. The van der Waals surface area contributed by atoms with Crippen molar-refractivity contribution in [1.82, 2.24) is 14.9 Å². The molecule has 1 amide bonds. The van der Waals surface area contributed by atoms with Crippen molar-refractivity contribution in [3.05, 3.63) is 35.5 Å². The van der Waals surface area contributed by atoms with E-state index in [4.69, 9.17) is 5.73 Å². The second kappa shape index (κ2) is 6.32. The van der Waals surface area contributed by atoms with Crippen molar-refractivity contribution in [2.24, 2.45) is 5.73 Å². The molecule has 5 nitrogen and oxygen atoms in total. The van der Waals surface area contributed by atoms with Gasteiger partial charge in [-0.1, -0.05) is 6.07 Å². The number of piperidine rings is 1. The van der Waals surface area contributed by atoms with Crippen LogP contribution in [0.5, 0.6) is 0 Å². The maximum absolute atomic E-state index is 12.3. The van der Waals surface area contributed by atoms with Crippen LogP contribution in [0.1, 0.15) is 18.5 Å². The lowest BCUT2D eigenvalue weighted by molar-refractivity contribution is -0.131. The number of nitrogens with zero attached hydrogens (tertiary/aromatic N) is 3. The molecule has 0 spiro atoms. The molecule has 0 bridgehead atoms. The zero-order valence-corrected chi connectivity index (χ0v) is 12.6. The molecular formula is C15H18N4OS. The quantitative estimate of drug-likeness (QED) is 0.936. The molecule has 0 aliphatic carbocycles. The monoisotopic (exact) mass is 302 g/mol. The lowest BCUT2D eigenvalue weighted by Crippen LogP contribution is -2.43. The first-order valence-corrected chi connectivity index (χ1v) is 7.99. The van der Waals surface area contributed by atoms with Crippen LogP contribution in [-0.2, 0) is 11.2 Å². The highest BCUT2D eigenvalue weighted by atomic mass is 32.1. The third kappa shape index (κ3) is 3.46. The van der Waals surface area contributed by atoms with Crippen molar-refractivity contribution in [1.29, 1.82) is 0 Å². The predicted octanol–water partition coefficient (Wildman–Crippen LogP) is 1.70. The molecule has 110 valence electrons. The highest BCUT2D eigenvalue weighted by molar-refractivity contribution is 7.13. The number of aromatic nitrogens is 2. The number of carbonyl (C=O) groups excluding carboxylic acids is 1. The number of nitrogens with two attached hydrogens (primary N) is 1. The van der Waals surface area contributed by atoms with Crippen LogP contribution in [0.4, 0.5) is 0 Å². The zero-order chi connectivity index (χ0) is 14.7. The molecule has 3 rings (SSSR count). The number of thiazole rings is 1. The number of rotatable bonds is 3. The molecule has 0 aromatic carbocycles. The van der Waals surface area contributed by atoms with E-state index in [-0.39, 0.29) is 11.9 Å². The smallest absolute Gasteiger partial charge is 0.228 e. The van der Waals surface area contributed by atoms with E-state index >= 15 is 0 Å². The van der Waals surface area contributed by atoms with Crippen LogP contribution < -0.4 is 5.73 Å². The van der Waals surface area contributed by atoms with Crippen molar-refractivity contribution in [3.8, 4) is 10.7 Å². The van der Waals surface area contributed by atoms with Gasteiger partial charge in [0.15, 0.2) is 0 Å². The number of carbonyl (C=O) groups is 1. The number of hydrogen-bond donors (Lipinski definition) is 1. The number of likely N-dealkylation sites (tertiary alicyclic amines) is 1. The molecule has 0 radical (unpaired) electrons. The number of hydrogen-bond acceptors (Lipinski definition) is 5. The van der Waals surface area contributed by atoms with Crippen molar-refractivity contribution < 1.29 is 4.79 Å². The predicted molar refractivity (Wildman–Crippen MR) is 82.8 cm³/mol. The Bertz CT molecular complexity index is 605. The molecule has 2 N–H and O–H groups in total. The molecule has 0 saturated carbocycles. The summed E-state index contributed by atoms with van der Waals surface area (Å²) >= 11 is 1.53. The summed E-state index contributed by atoms with van der Waals surface area (Å²) in [7, 11) is 0. The van der Waals surface area contributed by atoms with Crippen molar-refractivity contribution in [3.63, 3.8) is 0 Å². The third-order valence-electron chi connectivity index (χ3n) is 3.66. The van der Waals surface area contributed by atoms with Gasteiger partial charge in [-0.15, -0.1) is 11.3 Å². The minimum atomic E-state index is 0.139. The first-order chi connectivity index (χ1) is 10.2. The van der Waals surface area contributed by atoms with E-state index < -0.39 is 0 Å². The topological polar surface area (TPSA) is 72.1 Å². The molecule has 2 aromatic heterocycles. The van der Waals surface area contributed by atoms with Gasteiger partial charge in [0.25, 0.3) is 0 Å². The molecule has 2 aromatic rings. The SMILES string of the molecule is NC1CCN(C(=O)Cc2csc(-c3ccccn3)n2)CC1. The normalized spacial score (nSPS) is 16.1. The molecular weight excluding hydrogens is 284 g/mol. The Hall–Kier alpha value is -1.79. The Morgan fingerprint density at radius 2 is 2.19 bits per heavy atom. The van der Waals surface area contributed by atoms with E-state index in [1.54, 1.807) is 6.20 Å². The highest BCUT2D eigenvalue weighted by Gasteiger charge is 2.21. The minimum absolute atomic E-state index is 0.139. The average Bonchev–Trinajstić information content (AvgIpc) is 2.97. The molecule has 21 heavy (non-hydrogen) atoms. The largest absolute Gasteiger partial charge is 0.342 e. The van der Waals surface area contributed by atoms with Gasteiger partial charge in [-0.25, -0.2) is 4.98 Å². The van der Waals surface area contributed by atoms with Crippen LogP contribution in [0, 0.1) is 0 Å². The van der Waals surface area contributed by atoms with Gasteiger partial charge in [-0.05, 0) is 25.0 Å². The van der Waals surface area contributed by atoms with Crippen LogP contribution in [0.25, 0.3) is 10.7 Å². The first kappa shape index (κ1) is 14.2.